The first-order chi connectivity index (χ1) is 10.2. The lowest BCUT2D eigenvalue weighted by molar-refractivity contribution is 0.266. The normalized spacial score (nSPS) is 21.4. The van der Waals surface area contributed by atoms with Crippen molar-refractivity contribution in [3.05, 3.63) is 29.3 Å². The number of benzene rings is 1. The van der Waals surface area contributed by atoms with Gasteiger partial charge in [0.25, 0.3) is 0 Å². The molecule has 1 atom stereocenters. The summed E-state index contributed by atoms with van der Waals surface area (Å²) in [7, 11) is 1.73. The summed E-state index contributed by atoms with van der Waals surface area (Å²) in [5.41, 5.74) is 8.90. The van der Waals surface area contributed by atoms with Crippen LogP contribution in [0, 0.1) is 5.92 Å². The molecule has 0 saturated heterocycles. The Hall–Kier alpha value is -1.06. The van der Waals surface area contributed by atoms with Gasteiger partial charge in [-0.25, -0.2) is 0 Å². The van der Waals surface area contributed by atoms with E-state index >= 15 is 0 Å². The minimum absolute atomic E-state index is 0.0787. The summed E-state index contributed by atoms with van der Waals surface area (Å²) in [6.07, 6.45) is 5.90. The summed E-state index contributed by atoms with van der Waals surface area (Å²) in [5, 5.41) is 3.81. The summed E-state index contributed by atoms with van der Waals surface area (Å²) >= 11 is 0. The molecule has 1 aromatic rings. The zero-order valence-corrected chi connectivity index (χ0v) is 13.7. The molecule has 3 N–H and O–H groups in total. The average Bonchev–Trinajstić information content (AvgIpc) is 2.55. The molecule has 0 radical (unpaired) electrons. The van der Waals surface area contributed by atoms with Gasteiger partial charge in [-0.15, -0.1) is 0 Å². The van der Waals surface area contributed by atoms with Crippen LogP contribution in [0.15, 0.2) is 18.2 Å². The third-order valence-electron chi connectivity index (χ3n) is 5.11. The standard InChI is InChI=1S/C18H30N2O/c1-4-14(5-2)12-20-18(13-19)10-6-7-15-8-9-16(21-3)11-17(15)18/h8-9,11,14,20H,4-7,10,12-13,19H2,1-3H3. The van der Waals surface area contributed by atoms with Gasteiger partial charge < -0.3 is 15.8 Å². The van der Waals surface area contributed by atoms with Gasteiger partial charge in [0, 0.05) is 6.54 Å². The quantitative estimate of drug-likeness (QED) is 0.810. The molecular formula is C18H30N2O. The number of rotatable bonds is 7. The van der Waals surface area contributed by atoms with Crippen LogP contribution in [0.25, 0.3) is 0 Å². The van der Waals surface area contributed by atoms with Crippen molar-refractivity contribution in [3.8, 4) is 5.75 Å². The molecule has 0 aromatic heterocycles. The van der Waals surface area contributed by atoms with Gasteiger partial charge in [-0.3, -0.25) is 0 Å². The second-order valence-corrected chi connectivity index (χ2v) is 6.23. The summed E-state index contributed by atoms with van der Waals surface area (Å²) in [6, 6.07) is 6.45. The summed E-state index contributed by atoms with van der Waals surface area (Å²) < 4.78 is 5.42. The fourth-order valence-corrected chi connectivity index (χ4v) is 3.45. The second kappa shape index (κ2) is 7.28. The highest BCUT2D eigenvalue weighted by atomic mass is 16.5. The van der Waals surface area contributed by atoms with Crippen molar-refractivity contribution in [2.45, 2.75) is 51.5 Å². The van der Waals surface area contributed by atoms with Gasteiger partial charge in [-0.05, 0) is 55.0 Å². The second-order valence-electron chi connectivity index (χ2n) is 6.23. The molecule has 0 bridgehead atoms. The van der Waals surface area contributed by atoms with Crippen LogP contribution in [0.5, 0.6) is 5.75 Å². The predicted octanol–water partition coefficient (Wildman–Crippen LogP) is 3.21. The molecule has 1 aliphatic carbocycles. The molecule has 21 heavy (non-hydrogen) atoms. The lowest BCUT2D eigenvalue weighted by Gasteiger charge is -2.40. The van der Waals surface area contributed by atoms with E-state index in [1.165, 1.54) is 30.4 Å². The molecule has 1 unspecified atom stereocenters. The minimum Gasteiger partial charge on any atom is -0.497 e. The van der Waals surface area contributed by atoms with Gasteiger partial charge in [0.15, 0.2) is 0 Å². The van der Waals surface area contributed by atoms with Gasteiger partial charge in [0.05, 0.1) is 12.6 Å². The van der Waals surface area contributed by atoms with Gasteiger partial charge in [0.2, 0.25) is 0 Å². The Morgan fingerprint density at radius 2 is 2.10 bits per heavy atom. The Morgan fingerprint density at radius 1 is 1.33 bits per heavy atom. The average molecular weight is 290 g/mol. The maximum Gasteiger partial charge on any atom is 0.119 e. The maximum absolute atomic E-state index is 6.21. The molecule has 0 amide bonds. The fraction of sp³-hybridized carbons (Fsp3) is 0.667. The maximum atomic E-state index is 6.21. The Labute approximate surface area is 129 Å². The molecule has 118 valence electrons. The first-order valence-corrected chi connectivity index (χ1v) is 8.31. The number of hydrogen-bond acceptors (Lipinski definition) is 3. The topological polar surface area (TPSA) is 47.3 Å². The highest BCUT2D eigenvalue weighted by Crippen LogP contribution is 2.37. The first-order valence-electron chi connectivity index (χ1n) is 8.31. The Morgan fingerprint density at radius 3 is 2.71 bits per heavy atom. The fourth-order valence-electron chi connectivity index (χ4n) is 3.45. The number of methoxy groups -OCH3 is 1. The smallest absolute Gasteiger partial charge is 0.119 e. The number of nitrogens with one attached hydrogen (secondary N) is 1. The van der Waals surface area contributed by atoms with E-state index in [1.54, 1.807) is 7.11 Å². The zero-order valence-electron chi connectivity index (χ0n) is 13.7. The van der Waals surface area contributed by atoms with Gasteiger partial charge in [-0.1, -0.05) is 32.8 Å². The molecule has 0 saturated carbocycles. The third-order valence-corrected chi connectivity index (χ3v) is 5.11. The number of fused-ring (bicyclic) bond motifs is 1. The molecule has 0 heterocycles. The van der Waals surface area contributed by atoms with Crippen LogP contribution in [-0.4, -0.2) is 20.2 Å². The van der Waals surface area contributed by atoms with Crippen molar-refractivity contribution >= 4 is 0 Å². The summed E-state index contributed by atoms with van der Waals surface area (Å²) in [4.78, 5) is 0. The lowest BCUT2D eigenvalue weighted by Crippen LogP contribution is -2.51. The van der Waals surface area contributed by atoms with E-state index in [9.17, 15) is 0 Å². The Balaban J connectivity index is 2.27. The van der Waals surface area contributed by atoms with E-state index in [2.05, 4.69) is 37.4 Å². The van der Waals surface area contributed by atoms with Crippen LogP contribution >= 0.6 is 0 Å². The van der Waals surface area contributed by atoms with Gasteiger partial charge in [0.1, 0.15) is 5.75 Å². The van der Waals surface area contributed by atoms with E-state index in [1.807, 2.05) is 0 Å². The number of aryl methyl sites for hydroxylation is 1. The monoisotopic (exact) mass is 290 g/mol. The molecular weight excluding hydrogens is 260 g/mol. The van der Waals surface area contributed by atoms with Crippen LogP contribution in [0.1, 0.15) is 50.7 Å². The summed E-state index contributed by atoms with van der Waals surface area (Å²) in [6.45, 7) is 6.22. The van der Waals surface area contributed by atoms with E-state index in [0.717, 1.165) is 31.1 Å². The number of ether oxygens (including phenoxy) is 1. The number of nitrogens with two attached hydrogens (primary N) is 1. The molecule has 2 rings (SSSR count). The highest BCUT2D eigenvalue weighted by Gasteiger charge is 2.35. The molecule has 3 heteroatoms. The van der Waals surface area contributed by atoms with E-state index < -0.39 is 0 Å². The Kier molecular flexibility index (Phi) is 5.65. The molecule has 0 spiro atoms. The van der Waals surface area contributed by atoms with Crippen molar-refractivity contribution in [2.75, 3.05) is 20.2 Å². The molecule has 1 aliphatic rings. The molecule has 1 aromatic carbocycles. The van der Waals surface area contributed by atoms with Crippen LogP contribution in [0.2, 0.25) is 0 Å². The van der Waals surface area contributed by atoms with Crippen LogP contribution in [0.3, 0.4) is 0 Å². The predicted molar refractivity (Wildman–Crippen MR) is 88.7 cm³/mol. The van der Waals surface area contributed by atoms with Crippen molar-refractivity contribution in [2.24, 2.45) is 11.7 Å². The molecule has 0 aliphatic heterocycles. The van der Waals surface area contributed by atoms with Crippen molar-refractivity contribution in [3.63, 3.8) is 0 Å². The van der Waals surface area contributed by atoms with Gasteiger partial charge in [-0.2, -0.15) is 0 Å². The van der Waals surface area contributed by atoms with Crippen LogP contribution in [0.4, 0.5) is 0 Å². The Bertz CT molecular complexity index is 457. The van der Waals surface area contributed by atoms with Crippen molar-refractivity contribution in [1.82, 2.24) is 5.32 Å². The summed E-state index contributed by atoms with van der Waals surface area (Å²) in [5.74, 6) is 1.65. The van der Waals surface area contributed by atoms with Crippen molar-refractivity contribution in [1.29, 1.82) is 0 Å². The lowest BCUT2D eigenvalue weighted by atomic mass is 9.76. The largest absolute Gasteiger partial charge is 0.497 e. The third kappa shape index (κ3) is 3.41. The van der Waals surface area contributed by atoms with E-state index in [4.69, 9.17) is 10.5 Å². The zero-order chi connectivity index (χ0) is 15.3. The highest BCUT2D eigenvalue weighted by molar-refractivity contribution is 5.42. The van der Waals surface area contributed by atoms with Crippen molar-refractivity contribution < 1.29 is 4.74 Å². The molecule has 3 nitrogen and oxygen atoms in total. The van der Waals surface area contributed by atoms with E-state index in [0.29, 0.717) is 6.54 Å². The first kappa shape index (κ1) is 16.3. The van der Waals surface area contributed by atoms with E-state index in [-0.39, 0.29) is 5.54 Å². The van der Waals surface area contributed by atoms with Crippen LogP contribution in [-0.2, 0) is 12.0 Å². The minimum atomic E-state index is -0.0787. The van der Waals surface area contributed by atoms with Crippen LogP contribution < -0.4 is 15.8 Å². The number of hydrogen-bond donors (Lipinski definition) is 2. The van der Waals surface area contributed by atoms with Gasteiger partial charge >= 0.3 is 0 Å². The SMILES string of the molecule is CCC(CC)CNC1(CN)CCCc2ccc(OC)cc21. The molecule has 0 fully saturated rings.